The quantitative estimate of drug-likeness (QED) is 0.395. The summed E-state index contributed by atoms with van der Waals surface area (Å²) in [6, 6.07) is 0. The van der Waals surface area contributed by atoms with Crippen molar-refractivity contribution in [3.63, 3.8) is 0 Å². The Bertz CT molecular complexity index is 355. The number of carbonyl (C=O) groups excluding carboxylic acids is 1. The molecule has 0 aromatic carbocycles. The third-order valence-corrected chi connectivity index (χ3v) is 4.45. The van der Waals surface area contributed by atoms with E-state index in [0.717, 1.165) is 24.8 Å². The molecule has 0 unspecified atom stereocenters. The van der Waals surface area contributed by atoms with Crippen LogP contribution in [0.5, 0.6) is 0 Å². The Morgan fingerprint density at radius 1 is 1.00 bits per heavy atom. The molecule has 3 nitrogen and oxygen atoms in total. The van der Waals surface area contributed by atoms with Crippen LogP contribution in [0.4, 0.5) is 0 Å². The fraction of sp³-hybridized carbons (Fsp3) is 0.842. The van der Waals surface area contributed by atoms with Crippen molar-refractivity contribution >= 4 is 5.97 Å². The standard InChI is InChI=1S/C19H36O3/c1-9-22-16(20)13-11-10-12-15(2)14-19(21,17(3,4)5)18(6,7)8/h21H,2,9-14H2,1,3-8H3. The van der Waals surface area contributed by atoms with Gasteiger partial charge in [-0.1, -0.05) is 53.7 Å². The summed E-state index contributed by atoms with van der Waals surface area (Å²) >= 11 is 0. The third-order valence-electron chi connectivity index (χ3n) is 4.45. The number of rotatable bonds is 8. The van der Waals surface area contributed by atoms with Crippen LogP contribution >= 0.6 is 0 Å². The van der Waals surface area contributed by atoms with Crippen LogP contribution in [-0.2, 0) is 9.53 Å². The van der Waals surface area contributed by atoms with Gasteiger partial charge in [-0.15, -0.1) is 0 Å². The maximum absolute atomic E-state index is 11.3. The largest absolute Gasteiger partial charge is 0.466 e. The predicted octanol–water partition coefficient (Wildman–Crippen LogP) is 4.88. The van der Waals surface area contributed by atoms with Crippen molar-refractivity contribution in [2.45, 2.75) is 86.2 Å². The van der Waals surface area contributed by atoms with E-state index in [1.807, 2.05) is 6.92 Å². The minimum atomic E-state index is -0.807. The Morgan fingerprint density at radius 2 is 1.45 bits per heavy atom. The van der Waals surface area contributed by atoms with Crippen LogP contribution in [0, 0.1) is 10.8 Å². The maximum Gasteiger partial charge on any atom is 0.305 e. The van der Waals surface area contributed by atoms with E-state index < -0.39 is 5.60 Å². The van der Waals surface area contributed by atoms with Gasteiger partial charge in [-0.05, 0) is 43.4 Å². The lowest BCUT2D eigenvalue weighted by Gasteiger charge is -2.50. The van der Waals surface area contributed by atoms with E-state index in [1.165, 1.54) is 0 Å². The number of esters is 1. The topological polar surface area (TPSA) is 46.5 Å². The molecule has 0 saturated heterocycles. The van der Waals surface area contributed by atoms with E-state index in [4.69, 9.17) is 4.74 Å². The molecule has 0 bridgehead atoms. The Balaban J connectivity index is 4.47. The Hall–Kier alpha value is -0.830. The fourth-order valence-corrected chi connectivity index (χ4v) is 2.98. The van der Waals surface area contributed by atoms with E-state index in [1.54, 1.807) is 0 Å². The van der Waals surface area contributed by atoms with E-state index in [0.29, 0.717) is 19.4 Å². The first-order valence-electron chi connectivity index (χ1n) is 8.40. The molecule has 0 saturated carbocycles. The highest BCUT2D eigenvalue weighted by Crippen LogP contribution is 2.47. The summed E-state index contributed by atoms with van der Waals surface area (Å²) in [5, 5.41) is 11.2. The molecule has 22 heavy (non-hydrogen) atoms. The number of hydrogen-bond acceptors (Lipinski definition) is 3. The minimum Gasteiger partial charge on any atom is -0.466 e. The van der Waals surface area contributed by atoms with E-state index in [9.17, 15) is 9.90 Å². The van der Waals surface area contributed by atoms with Gasteiger partial charge in [0.05, 0.1) is 12.2 Å². The van der Waals surface area contributed by atoms with Crippen molar-refractivity contribution in [1.82, 2.24) is 0 Å². The Kier molecular flexibility index (Phi) is 7.84. The Labute approximate surface area is 137 Å². The van der Waals surface area contributed by atoms with E-state index in [2.05, 4.69) is 48.1 Å². The van der Waals surface area contributed by atoms with Crippen molar-refractivity contribution in [2.75, 3.05) is 6.61 Å². The first-order valence-corrected chi connectivity index (χ1v) is 8.40. The van der Waals surface area contributed by atoms with Gasteiger partial charge in [-0.25, -0.2) is 0 Å². The predicted molar refractivity (Wildman–Crippen MR) is 92.7 cm³/mol. The summed E-state index contributed by atoms with van der Waals surface area (Å²) in [5.74, 6) is -0.131. The van der Waals surface area contributed by atoms with Crippen molar-refractivity contribution in [3.05, 3.63) is 12.2 Å². The van der Waals surface area contributed by atoms with Crippen LogP contribution < -0.4 is 0 Å². The van der Waals surface area contributed by atoms with Crippen molar-refractivity contribution in [2.24, 2.45) is 10.8 Å². The second kappa shape index (κ2) is 8.14. The summed E-state index contributed by atoms with van der Waals surface area (Å²) in [6.07, 6.45) is 3.61. The molecule has 0 fully saturated rings. The highest BCUT2D eigenvalue weighted by atomic mass is 16.5. The molecule has 0 aliphatic carbocycles. The summed E-state index contributed by atoms with van der Waals surface area (Å²) in [6.45, 7) is 18.9. The number of carbonyl (C=O) groups is 1. The zero-order chi connectivity index (χ0) is 17.6. The van der Waals surface area contributed by atoms with Crippen LogP contribution in [0.2, 0.25) is 0 Å². The number of hydrogen-bond donors (Lipinski definition) is 1. The number of ether oxygens (including phenoxy) is 1. The summed E-state index contributed by atoms with van der Waals surface area (Å²) < 4.78 is 4.92. The monoisotopic (exact) mass is 312 g/mol. The summed E-state index contributed by atoms with van der Waals surface area (Å²) in [4.78, 5) is 11.3. The van der Waals surface area contributed by atoms with Crippen LogP contribution in [0.1, 0.15) is 80.6 Å². The maximum atomic E-state index is 11.3. The molecule has 1 N–H and O–H groups in total. The van der Waals surface area contributed by atoms with Gasteiger partial charge in [0.25, 0.3) is 0 Å². The summed E-state index contributed by atoms with van der Waals surface area (Å²) in [7, 11) is 0. The fourth-order valence-electron chi connectivity index (χ4n) is 2.98. The molecule has 0 aromatic heterocycles. The molecule has 0 rings (SSSR count). The van der Waals surface area contributed by atoms with Gasteiger partial charge in [0.1, 0.15) is 0 Å². The number of unbranched alkanes of at least 4 members (excludes halogenated alkanes) is 1. The highest BCUT2D eigenvalue weighted by Gasteiger charge is 2.48. The van der Waals surface area contributed by atoms with Crippen LogP contribution in [0.15, 0.2) is 12.2 Å². The van der Waals surface area contributed by atoms with Crippen molar-refractivity contribution in [1.29, 1.82) is 0 Å². The first kappa shape index (κ1) is 21.2. The van der Waals surface area contributed by atoms with Gasteiger partial charge in [-0.2, -0.15) is 0 Å². The smallest absolute Gasteiger partial charge is 0.305 e. The lowest BCUT2D eigenvalue weighted by Crippen LogP contribution is -2.53. The van der Waals surface area contributed by atoms with Gasteiger partial charge in [0.2, 0.25) is 0 Å². The minimum absolute atomic E-state index is 0.131. The van der Waals surface area contributed by atoms with Gasteiger partial charge >= 0.3 is 5.97 Å². The van der Waals surface area contributed by atoms with E-state index >= 15 is 0 Å². The molecule has 0 aliphatic rings. The highest BCUT2D eigenvalue weighted by molar-refractivity contribution is 5.69. The second-order valence-corrected chi connectivity index (χ2v) is 8.30. The average Bonchev–Trinajstić information content (AvgIpc) is 2.32. The lowest BCUT2D eigenvalue weighted by molar-refractivity contribution is -0.143. The Morgan fingerprint density at radius 3 is 1.86 bits per heavy atom. The molecule has 0 radical (unpaired) electrons. The molecule has 0 aliphatic heterocycles. The molecule has 3 heteroatoms. The molecular weight excluding hydrogens is 276 g/mol. The molecular formula is C19H36O3. The molecule has 0 spiro atoms. The second-order valence-electron chi connectivity index (χ2n) is 8.30. The molecule has 130 valence electrons. The molecule has 0 aromatic rings. The van der Waals surface area contributed by atoms with Gasteiger partial charge in [-0.3, -0.25) is 4.79 Å². The molecule has 0 atom stereocenters. The molecule has 0 heterocycles. The van der Waals surface area contributed by atoms with E-state index in [-0.39, 0.29) is 16.8 Å². The van der Waals surface area contributed by atoms with Crippen molar-refractivity contribution in [3.8, 4) is 0 Å². The first-order chi connectivity index (χ1) is 9.85. The zero-order valence-corrected chi connectivity index (χ0v) is 15.7. The normalized spacial score (nSPS) is 13.1. The SMILES string of the molecule is C=C(CCCCC(=O)OCC)CC(O)(C(C)(C)C)C(C)(C)C. The van der Waals surface area contributed by atoms with Crippen LogP contribution in [-0.4, -0.2) is 23.3 Å². The van der Waals surface area contributed by atoms with Crippen LogP contribution in [0.3, 0.4) is 0 Å². The van der Waals surface area contributed by atoms with Gasteiger partial charge in [0.15, 0.2) is 0 Å². The van der Waals surface area contributed by atoms with Gasteiger partial charge in [0, 0.05) is 6.42 Å². The summed E-state index contributed by atoms with van der Waals surface area (Å²) in [5.41, 5.74) is -0.201. The van der Waals surface area contributed by atoms with Crippen molar-refractivity contribution < 1.29 is 14.6 Å². The van der Waals surface area contributed by atoms with Crippen LogP contribution in [0.25, 0.3) is 0 Å². The third kappa shape index (κ3) is 6.12. The van der Waals surface area contributed by atoms with Gasteiger partial charge < -0.3 is 9.84 Å². The lowest BCUT2D eigenvalue weighted by atomic mass is 9.60. The molecule has 0 amide bonds. The number of aliphatic hydroxyl groups is 1. The zero-order valence-electron chi connectivity index (χ0n) is 15.7. The average molecular weight is 312 g/mol.